The van der Waals surface area contributed by atoms with E-state index < -0.39 is 0 Å². The summed E-state index contributed by atoms with van der Waals surface area (Å²) in [7, 11) is 0. The van der Waals surface area contributed by atoms with E-state index in [4.69, 9.17) is 0 Å². The molecule has 0 saturated carbocycles. The topological polar surface area (TPSA) is 49.4 Å². The first-order chi connectivity index (χ1) is 9.08. The number of nitrogens with zero attached hydrogens (tertiary/aromatic N) is 1. The Hall–Kier alpha value is -1.84. The van der Waals surface area contributed by atoms with Crippen LogP contribution in [-0.2, 0) is 9.59 Å². The van der Waals surface area contributed by atoms with Gasteiger partial charge in [0.25, 0.3) is 0 Å². The van der Waals surface area contributed by atoms with Crippen LogP contribution in [0.2, 0.25) is 0 Å². The van der Waals surface area contributed by atoms with Gasteiger partial charge in [-0.3, -0.25) is 9.59 Å². The number of benzene rings is 1. The van der Waals surface area contributed by atoms with Gasteiger partial charge in [-0.25, -0.2) is 0 Å². The third-order valence-electron chi connectivity index (χ3n) is 2.71. The summed E-state index contributed by atoms with van der Waals surface area (Å²) in [5, 5.41) is 2.87. The maximum atomic E-state index is 12.0. The first kappa shape index (κ1) is 16.2. The highest BCUT2D eigenvalue weighted by molar-refractivity contribution is 5.97. The lowest BCUT2D eigenvalue weighted by atomic mass is 10.1. The number of aryl methyl sites for hydroxylation is 2. The molecule has 0 unspecified atom stereocenters. The Morgan fingerprint density at radius 3 is 2.00 bits per heavy atom. The Morgan fingerprint density at radius 1 is 1.10 bits per heavy atom. The van der Waals surface area contributed by atoms with Crippen LogP contribution in [0.1, 0.15) is 38.8 Å². The number of rotatable bonds is 3. The van der Waals surface area contributed by atoms with Crippen molar-refractivity contribution in [3.63, 3.8) is 0 Å². The minimum Gasteiger partial charge on any atom is -0.350 e. The van der Waals surface area contributed by atoms with Crippen LogP contribution >= 0.6 is 0 Å². The third kappa shape index (κ3) is 5.03. The molecule has 0 bridgehead atoms. The molecule has 1 N–H and O–H groups in total. The molecule has 0 aliphatic heterocycles. The van der Waals surface area contributed by atoms with E-state index >= 15 is 0 Å². The Bertz CT molecular complexity index is 495. The molecular weight excluding hydrogens is 252 g/mol. The van der Waals surface area contributed by atoms with Gasteiger partial charge in [-0.05, 0) is 57.9 Å². The summed E-state index contributed by atoms with van der Waals surface area (Å²) in [6, 6.07) is 5.87. The second kappa shape index (κ2) is 6.07. The zero-order valence-corrected chi connectivity index (χ0v) is 13.2. The van der Waals surface area contributed by atoms with Crippen molar-refractivity contribution in [1.82, 2.24) is 5.32 Å². The van der Waals surface area contributed by atoms with E-state index in [0.717, 1.165) is 16.8 Å². The van der Waals surface area contributed by atoms with E-state index in [2.05, 4.69) is 5.32 Å². The maximum Gasteiger partial charge on any atom is 0.240 e. The van der Waals surface area contributed by atoms with Crippen LogP contribution in [0, 0.1) is 13.8 Å². The molecule has 0 saturated heterocycles. The first-order valence-electron chi connectivity index (χ1n) is 6.76. The highest BCUT2D eigenvalue weighted by atomic mass is 16.2. The lowest BCUT2D eigenvalue weighted by Gasteiger charge is -2.25. The third-order valence-corrected chi connectivity index (χ3v) is 2.71. The highest BCUT2D eigenvalue weighted by Gasteiger charge is 2.19. The van der Waals surface area contributed by atoms with Gasteiger partial charge in [-0.2, -0.15) is 0 Å². The van der Waals surface area contributed by atoms with Gasteiger partial charge in [0.1, 0.15) is 6.54 Å². The molecule has 0 aliphatic carbocycles. The number of anilines is 1. The van der Waals surface area contributed by atoms with Crippen LogP contribution in [0.4, 0.5) is 5.69 Å². The molecular formula is C16H24N2O2. The van der Waals surface area contributed by atoms with Gasteiger partial charge in [-0.15, -0.1) is 0 Å². The van der Waals surface area contributed by atoms with Crippen molar-refractivity contribution >= 4 is 17.5 Å². The molecule has 0 aliphatic rings. The minimum absolute atomic E-state index is 0.0372. The van der Waals surface area contributed by atoms with Gasteiger partial charge in [-0.1, -0.05) is 6.07 Å². The molecule has 1 aromatic rings. The van der Waals surface area contributed by atoms with Crippen molar-refractivity contribution < 1.29 is 9.59 Å². The van der Waals surface area contributed by atoms with Gasteiger partial charge < -0.3 is 10.2 Å². The fraction of sp³-hybridized carbons (Fsp3) is 0.500. The van der Waals surface area contributed by atoms with E-state index in [1.807, 2.05) is 52.8 Å². The summed E-state index contributed by atoms with van der Waals surface area (Å²) in [6.07, 6.45) is 0. The van der Waals surface area contributed by atoms with Gasteiger partial charge >= 0.3 is 0 Å². The van der Waals surface area contributed by atoms with Crippen LogP contribution in [0.3, 0.4) is 0 Å². The van der Waals surface area contributed by atoms with Crippen LogP contribution in [0.15, 0.2) is 18.2 Å². The summed E-state index contributed by atoms with van der Waals surface area (Å²) < 4.78 is 0. The summed E-state index contributed by atoms with van der Waals surface area (Å²) >= 11 is 0. The van der Waals surface area contributed by atoms with Gasteiger partial charge in [0.05, 0.1) is 0 Å². The molecule has 0 fully saturated rings. The molecule has 0 radical (unpaired) electrons. The summed E-state index contributed by atoms with van der Waals surface area (Å²) in [5.74, 6) is -0.300. The van der Waals surface area contributed by atoms with Crippen molar-refractivity contribution in [3.8, 4) is 0 Å². The first-order valence-corrected chi connectivity index (χ1v) is 6.76. The van der Waals surface area contributed by atoms with Crippen molar-refractivity contribution in [3.05, 3.63) is 29.3 Å². The fourth-order valence-corrected chi connectivity index (χ4v) is 2.09. The number of hydrogen-bond acceptors (Lipinski definition) is 2. The molecule has 2 amide bonds. The van der Waals surface area contributed by atoms with Crippen LogP contribution in [0.25, 0.3) is 0 Å². The molecule has 0 aromatic heterocycles. The molecule has 0 spiro atoms. The van der Waals surface area contributed by atoms with E-state index in [9.17, 15) is 9.59 Å². The second-order valence-corrected chi connectivity index (χ2v) is 6.25. The molecule has 110 valence electrons. The number of carbonyl (C=O) groups is 2. The van der Waals surface area contributed by atoms with Gasteiger partial charge in [0, 0.05) is 18.2 Å². The molecule has 4 heteroatoms. The van der Waals surface area contributed by atoms with Gasteiger partial charge in [0.2, 0.25) is 11.8 Å². The average Bonchev–Trinajstić information content (AvgIpc) is 2.21. The van der Waals surface area contributed by atoms with Crippen molar-refractivity contribution in [2.75, 3.05) is 11.4 Å². The second-order valence-electron chi connectivity index (χ2n) is 6.25. The Kier molecular flexibility index (Phi) is 4.93. The van der Waals surface area contributed by atoms with E-state index in [1.165, 1.54) is 11.8 Å². The molecule has 0 atom stereocenters. The van der Waals surface area contributed by atoms with Crippen molar-refractivity contribution in [2.24, 2.45) is 0 Å². The van der Waals surface area contributed by atoms with E-state index in [1.54, 1.807) is 0 Å². The standard InChI is InChI=1S/C16H24N2O2/c1-11-7-12(2)9-14(8-11)18(13(3)19)10-15(20)17-16(4,5)6/h7-9H,10H2,1-6H3,(H,17,20). The number of amides is 2. The van der Waals surface area contributed by atoms with Crippen molar-refractivity contribution in [2.45, 2.75) is 47.1 Å². The summed E-state index contributed by atoms with van der Waals surface area (Å²) in [5.41, 5.74) is 2.60. The number of nitrogens with one attached hydrogen (secondary N) is 1. The van der Waals surface area contributed by atoms with E-state index in [0.29, 0.717) is 0 Å². The highest BCUT2D eigenvalue weighted by Crippen LogP contribution is 2.19. The Morgan fingerprint density at radius 2 is 1.60 bits per heavy atom. The zero-order valence-electron chi connectivity index (χ0n) is 13.2. The fourth-order valence-electron chi connectivity index (χ4n) is 2.09. The molecule has 1 rings (SSSR count). The predicted molar refractivity (Wildman–Crippen MR) is 81.8 cm³/mol. The molecule has 4 nitrogen and oxygen atoms in total. The average molecular weight is 276 g/mol. The van der Waals surface area contributed by atoms with Crippen LogP contribution in [0.5, 0.6) is 0 Å². The molecule has 1 aromatic carbocycles. The lowest BCUT2D eigenvalue weighted by Crippen LogP contribution is -2.47. The smallest absolute Gasteiger partial charge is 0.240 e. The quantitative estimate of drug-likeness (QED) is 0.922. The predicted octanol–water partition coefficient (Wildman–Crippen LogP) is 2.57. The summed E-state index contributed by atoms with van der Waals surface area (Å²) in [4.78, 5) is 25.3. The monoisotopic (exact) mass is 276 g/mol. The van der Waals surface area contributed by atoms with Crippen molar-refractivity contribution in [1.29, 1.82) is 0 Å². The maximum absolute atomic E-state index is 12.0. The number of hydrogen-bond donors (Lipinski definition) is 1. The number of carbonyl (C=O) groups excluding carboxylic acids is 2. The summed E-state index contributed by atoms with van der Waals surface area (Å²) in [6.45, 7) is 11.2. The SMILES string of the molecule is CC(=O)N(CC(=O)NC(C)(C)C)c1cc(C)cc(C)c1. The van der Waals surface area contributed by atoms with Crippen LogP contribution < -0.4 is 10.2 Å². The minimum atomic E-state index is -0.304. The van der Waals surface area contributed by atoms with Gasteiger partial charge in [0.15, 0.2) is 0 Å². The Balaban J connectivity index is 2.95. The molecule has 20 heavy (non-hydrogen) atoms. The largest absolute Gasteiger partial charge is 0.350 e. The lowest BCUT2D eigenvalue weighted by molar-refractivity contribution is -0.124. The Labute approximate surface area is 121 Å². The molecule has 0 heterocycles. The normalized spacial score (nSPS) is 11.1. The van der Waals surface area contributed by atoms with Crippen LogP contribution in [-0.4, -0.2) is 23.9 Å². The van der Waals surface area contributed by atoms with E-state index in [-0.39, 0.29) is 23.9 Å². The zero-order chi connectivity index (χ0) is 15.5.